The molecule has 4 rings (SSSR count). The molecule has 1 saturated heterocycles. The van der Waals surface area contributed by atoms with Crippen LogP contribution >= 0.6 is 0 Å². The normalized spacial score (nSPS) is 19.5. The van der Waals surface area contributed by atoms with Gasteiger partial charge in [-0.2, -0.15) is 0 Å². The number of H-pyrrole nitrogens is 1. The number of imidazole rings is 1. The highest BCUT2D eigenvalue weighted by Crippen LogP contribution is 2.29. The second-order valence-corrected chi connectivity index (χ2v) is 7.09. The maximum atomic E-state index is 12.8. The van der Waals surface area contributed by atoms with Crippen LogP contribution in [0.5, 0.6) is 5.75 Å². The van der Waals surface area contributed by atoms with Gasteiger partial charge in [-0.1, -0.05) is 24.3 Å². The van der Waals surface area contributed by atoms with Crippen LogP contribution in [-0.4, -0.2) is 39.0 Å². The van der Waals surface area contributed by atoms with Gasteiger partial charge in [-0.3, -0.25) is 4.79 Å². The van der Waals surface area contributed by atoms with E-state index in [1.54, 1.807) is 24.1 Å². The first kappa shape index (κ1) is 17.5. The van der Waals surface area contributed by atoms with Crippen LogP contribution in [0.15, 0.2) is 42.5 Å². The standard InChI is InChI=1S/C20H23N5O2/c1-12-7-8-14-16(9-12)22-19(21-14)11-25(2)20(27)17-10-15(23-24-17)13-5-3-4-6-18(13)26/h3-9,15,17,23-24,26H,10-11H2,1-2H3,(H,21,22). The van der Waals surface area contributed by atoms with Crippen LogP contribution in [0.1, 0.15) is 29.4 Å². The Hall–Kier alpha value is -2.90. The molecule has 0 bridgehead atoms. The molecule has 2 aromatic carbocycles. The highest BCUT2D eigenvalue weighted by Gasteiger charge is 2.33. The lowest BCUT2D eigenvalue weighted by molar-refractivity contribution is -0.132. The van der Waals surface area contributed by atoms with Gasteiger partial charge in [0, 0.05) is 12.6 Å². The number of hydrogen-bond donors (Lipinski definition) is 4. The Bertz CT molecular complexity index is 983. The zero-order chi connectivity index (χ0) is 19.0. The average Bonchev–Trinajstić information content (AvgIpc) is 3.27. The molecule has 4 N–H and O–H groups in total. The van der Waals surface area contributed by atoms with E-state index in [-0.39, 0.29) is 23.7 Å². The minimum absolute atomic E-state index is 0.0166. The van der Waals surface area contributed by atoms with Gasteiger partial charge < -0.3 is 15.0 Å². The Morgan fingerprint density at radius 3 is 2.89 bits per heavy atom. The molecule has 0 spiro atoms. The summed E-state index contributed by atoms with van der Waals surface area (Å²) in [5, 5.41) is 10.0. The minimum atomic E-state index is -0.355. The first-order valence-electron chi connectivity index (χ1n) is 9.00. The number of aromatic hydroxyl groups is 1. The summed E-state index contributed by atoms with van der Waals surface area (Å²) >= 11 is 0. The molecule has 27 heavy (non-hydrogen) atoms. The summed E-state index contributed by atoms with van der Waals surface area (Å²) in [4.78, 5) is 22.3. The fourth-order valence-electron chi connectivity index (χ4n) is 3.52. The predicted octanol–water partition coefficient (Wildman–Crippen LogP) is 2.14. The zero-order valence-electron chi connectivity index (χ0n) is 15.4. The van der Waals surface area contributed by atoms with Gasteiger partial charge in [-0.25, -0.2) is 15.8 Å². The number of likely N-dealkylation sites (N-methyl/N-ethyl adjacent to an activating group) is 1. The summed E-state index contributed by atoms with van der Waals surface area (Å²) in [7, 11) is 1.77. The number of aromatic nitrogens is 2. The van der Waals surface area contributed by atoms with E-state index in [2.05, 4.69) is 20.8 Å². The summed E-state index contributed by atoms with van der Waals surface area (Å²) in [6.07, 6.45) is 0.570. The molecule has 7 nitrogen and oxygen atoms in total. The molecule has 1 aromatic heterocycles. The van der Waals surface area contributed by atoms with E-state index in [0.717, 1.165) is 22.4 Å². The quantitative estimate of drug-likeness (QED) is 0.568. The van der Waals surface area contributed by atoms with Gasteiger partial charge in [-0.15, -0.1) is 0 Å². The first-order valence-corrected chi connectivity index (χ1v) is 9.00. The van der Waals surface area contributed by atoms with Crippen LogP contribution in [0.4, 0.5) is 0 Å². The fraction of sp³-hybridized carbons (Fsp3) is 0.300. The van der Waals surface area contributed by atoms with E-state index < -0.39 is 0 Å². The molecule has 3 aromatic rings. The highest BCUT2D eigenvalue weighted by molar-refractivity contribution is 5.82. The molecule has 1 aliphatic rings. The Morgan fingerprint density at radius 1 is 1.26 bits per heavy atom. The molecule has 1 aliphatic heterocycles. The third kappa shape index (κ3) is 3.51. The van der Waals surface area contributed by atoms with Gasteiger partial charge in [0.05, 0.1) is 23.6 Å². The number of carbonyl (C=O) groups excluding carboxylic acids is 1. The Balaban J connectivity index is 1.42. The van der Waals surface area contributed by atoms with Crippen LogP contribution in [0, 0.1) is 6.92 Å². The lowest BCUT2D eigenvalue weighted by atomic mass is 10.0. The van der Waals surface area contributed by atoms with E-state index in [9.17, 15) is 9.90 Å². The number of nitrogens with zero attached hydrogens (tertiary/aromatic N) is 2. The zero-order valence-corrected chi connectivity index (χ0v) is 15.4. The van der Waals surface area contributed by atoms with Gasteiger partial charge in [-0.05, 0) is 37.1 Å². The maximum absolute atomic E-state index is 12.8. The number of para-hydroxylation sites is 1. The summed E-state index contributed by atoms with van der Waals surface area (Å²) in [5.74, 6) is 0.975. The monoisotopic (exact) mass is 365 g/mol. The second-order valence-electron chi connectivity index (χ2n) is 7.09. The van der Waals surface area contributed by atoms with Crippen molar-refractivity contribution < 1.29 is 9.90 Å². The van der Waals surface area contributed by atoms with Gasteiger partial charge in [0.1, 0.15) is 17.6 Å². The number of rotatable bonds is 4. The van der Waals surface area contributed by atoms with Crippen molar-refractivity contribution in [3.8, 4) is 5.75 Å². The van der Waals surface area contributed by atoms with Gasteiger partial charge in [0.2, 0.25) is 5.91 Å². The van der Waals surface area contributed by atoms with Crippen molar-refractivity contribution in [3.63, 3.8) is 0 Å². The van der Waals surface area contributed by atoms with Crippen LogP contribution in [0.2, 0.25) is 0 Å². The number of phenolic OH excluding ortho intramolecular Hbond substituents is 1. The molecular formula is C20H23N5O2. The number of carbonyl (C=O) groups is 1. The number of fused-ring (bicyclic) bond motifs is 1. The molecule has 2 unspecified atom stereocenters. The van der Waals surface area contributed by atoms with Crippen molar-refractivity contribution in [2.24, 2.45) is 0 Å². The molecule has 1 fully saturated rings. The van der Waals surface area contributed by atoms with Crippen molar-refractivity contribution in [2.75, 3.05) is 7.05 Å². The minimum Gasteiger partial charge on any atom is -0.508 e. The maximum Gasteiger partial charge on any atom is 0.241 e. The van der Waals surface area contributed by atoms with Crippen molar-refractivity contribution >= 4 is 16.9 Å². The van der Waals surface area contributed by atoms with Crippen molar-refractivity contribution in [3.05, 3.63) is 59.4 Å². The molecule has 0 radical (unpaired) electrons. The van der Waals surface area contributed by atoms with E-state index in [0.29, 0.717) is 13.0 Å². The van der Waals surface area contributed by atoms with Crippen molar-refractivity contribution in [2.45, 2.75) is 32.0 Å². The first-order chi connectivity index (χ1) is 13.0. The van der Waals surface area contributed by atoms with Gasteiger partial charge in [0.15, 0.2) is 0 Å². The number of nitrogens with one attached hydrogen (secondary N) is 3. The van der Waals surface area contributed by atoms with Crippen LogP contribution in [0.3, 0.4) is 0 Å². The van der Waals surface area contributed by atoms with Gasteiger partial charge in [0.25, 0.3) is 0 Å². The lowest BCUT2D eigenvalue weighted by Crippen LogP contribution is -2.43. The summed E-state index contributed by atoms with van der Waals surface area (Å²) < 4.78 is 0. The molecule has 2 atom stereocenters. The summed E-state index contributed by atoms with van der Waals surface area (Å²) in [5.41, 5.74) is 9.99. The number of phenols is 1. The Morgan fingerprint density at radius 2 is 2.07 bits per heavy atom. The summed E-state index contributed by atoms with van der Waals surface area (Å²) in [6, 6.07) is 12.8. The Kier molecular flexibility index (Phi) is 4.55. The van der Waals surface area contributed by atoms with E-state index in [4.69, 9.17) is 0 Å². The lowest BCUT2D eigenvalue weighted by Gasteiger charge is -2.19. The SMILES string of the molecule is Cc1ccc2nc(CN(C)C(=O)C3CC(c4ccccc4O)NN3)[nH]c2c1. The highest BCUT2D eigenvalue weighted by atomic mass is 16.3. The molecule has 0 aliphatic carbocycles. The number of aromatic amines is 1. The Labute approximate surface area is 157 Å². The third-order valence-corrected chi connectivity index (χ3v) is 4.96. The summed E-state index contributed by atoms with van der Waals surface area (Å²) in [6.45, 7) is 2.45. The topological polar surface area (TPSA) is 93.3 Å². The number of benzene rings is 2. The van der Waals surface area contributed by atoms with Gasteiger partial charge >= 0.3 is 0 Å². The van der Waals surface area contributed by atoms with Crippen molar-refractivity contribution in [1.82, 2.24) is 25.7 Å². The molecular weight excluding hydrogens is 342 g/mol. The average molecular weight is 365 g/mol. The molecule has 0 saturated carbocycles. The van der Waals surface area contributed by atoms with Crippen molar-refractivity contribution in [1.29, 1.82) is 0 Å². The van der Waals surface area contributed by atoms with Crippen LogP contribution in [-0.2, 0) is 11.3 Å². The van der Waals surface area contributed by atoms with Crippen LogP contribution in [0.25, 0.3) is 11.0 Å². The smallest absolute Gasteiger partial charge is 0.241 e. The predicted molar refractivity (Wildman–Crippen MR) is 103 cm³/mol. The van der Waals surface area contributed by atoms with E-state index in [1.165, 1.54) is 5.56 Å². The largest absolute Gasteiger partial charge is 0.508 e. The van der Waals surface area contributed by atoms with E-state index >= 15 is 0 Å². The molecule has 1 amide bonds. The molecule has 140 valence electrons. The number of hydrazine groups is 1. The number of hydrogen-bond acceptors (Lipinski definition) is 5. The fourth-order valence-corrected chi connectivity index (χ4v) is 3.52. The third-order valence-electron chi connectivity index (χ3n) is 4.96. The van der Waals surface area contributed by atoms with E-state index in [1.807, 2.05) is 37.3 Å². The number of amides is 1. The second kappa shape index (κ2) is 7.02. The molecule has 2 heterocycles. The molecule has 7 heteroatoms. The van der Waals surface area contributed by atoms with Crippen LogP contribution < -0.4 is 10.9 Å². The number of aryl methyl sites for hydroxylation is 1.